The Hall–Kier alpha value is -0.220. The van der Waals surface area contributed by atoms with Crippen molar-refractivity contribution >= 4 is 86.5 Å². The van der Waals surface area contributed by atoms with Gasteiger partial charge in [0.2, 0.25) is 3.79 Å². The van der Waals surface area contributed by atoms with Gasteiger partial charge in [0.15, 0.2) is 11.3 Å². The van der Waals surface area contributed by atoms with Crippen LogP contribution in [-0.4, -0.2) is 27.8 Å². The molecule has 0 saturated carbocycles. The number of alkyl halides is 3. The molecule has 0 fully saturated rings. The van der Waals surface area contributed by atoms with Crippen LogP contribution in [0.5, 0.6) is 0 Å². The molecular weight excluding hydrogens is 483 g/mol. The first-order chi connectivity index (χ1) is 10.2. The highest BCUT2D eigenvalue weighted by molar-refractivity contribution is 14.1. The summed E-state index contributed by atoms with van der Waals surface area (Å²) in [6.45, 7) is 1.87. The van der Waals surface area contributed by atoms with Gasteiger partial charge in [0, 0.05) is 3.57 Å². The van der Waals surface area contributed by atoms with E-state index >= 15 is 0 Å². The highest BCUT2D eigenvalue weighted by atomic mass is 127. The number of para-hydroxylation sites is 1. The molecule has 0 spiro atoms. The molecule has 1 aromatic carbocycles. The first-order valence-electron chi connectivity index (χ1n) is 6.06. The number of alkyl carbamates (subject to hydrolysis) is 1. The number of halogens is 4. The van der Waals surface area contributed by atoms with Crippen LogP contribution < -0.4 is 16.0 Å². The third kappa shape index (κ3) is 6.91. The van der Waals surface area contributed by atoms with E-state index in [1.807, 2.05) is 24.3 Å². The molecule has 0 unspecified atom stereocenters. The van der Waals surface area contributed by atoms with E-state index in [0.717, 1.165) is 9.26 Å². The fourth-order valence-electron chi connectivity index (χ4n) is 1.34. The number of carbonyl (C=O) groups is 1. The van der Waals surface area contributed by atoms with Crippen LogP contribution in [0.3, 0.4) is 0 Å². The van der Waals surface area contributed by atoms with Gasteiger partial charge in [-0.15, -0.1) is 0 Å². The molecule has 0 aliphatic rings. The summed E-state index contributed by atoms with van der Waals surface area (Å²) >= 11 is 24.8. The molecule has 1 rings (SSSR count). The molecule has 0 radical (unpaired) electrons. The highest BCUT2D eigenvalue weighted by Gasteiger charge is 2.35. The SMILES string of the molecule is CCOC(=O)N[C@@H](NC(=S)Nc1ccccc1I)C(Cl)(Cl)Cl. The van der Waals surface area contributed by atoms with Gasteiger partial charge in [-0.05, 0) is 53.9 Å². The molecule has 10 heteroatoms. The minimum atomic E-state index is -1.82. The van der Waals surface area contributed by atoms with E-state index in [9.17, 15) is 4.79 Å². The number of thiocarbonyl (C=S) groups is 1. The molecule has 0 aliphatic heterocycles. The van der Waals surface area contributed by atoms with Crippen LogP contribution in [0, 0.1) is 3.57 Å². The Morgan fingerprint density at radius 1 is 1.36 bits per heavy atom. The molecule has 0 saturated heterocycles. The molecule has 5 nitrogen and oxygen atoms in total. The average Bonchev–Trinajstić information content (AvgIpc) is 2.40. The normalized spacial score (nSPS) is 12.2. The Morgan fingerprint density at radius 3 is 2.55 bits per heavy atom. The number of rotatable bonds is 4. The van der Waals surface area contributed by atoms with E-state index in [4.69, 9.17) is 51.8 Å². The molecule has 22 heavy (non-hydrogen) atoms. The van der Waals surface area contributed by atoms with Crippen LogP contribution in [-0.2, 0) is 4.74 Å². The summed E-state index contributed by atoms with van der Waals surface area (Å²) in [5.41, 5.74) is 0.791. The Labute approximate surface area is 162 Å². The number of carbonyl (C=O) groups excluding carboxylic acids is 1. The first-order valence-corrected chi connectivity index (χ1v) is 8.68. The van der Waals surface area contributed by atoms with Crippen LogP contribution in [0.25, 0.3) is 0 Å². The van der Waals surface area contributed by atoms with Gasteiger partial charge in [-0.25, -0.2) is 4.79 Å². The number of hydrogen-bond acceptors (Lipinski definition) is 3. The first kappa shape index (κ1) is 19.8. The Morgan fingerprint density at radius 2 is 2.00 bits per heavy atom. The number of amides is 1. The third-order valence-electron chi connectivity index (χ3n) is 2.26. The van der Waals surface area contributed by atoms with Crippen molar-refractivity contribution < 1.29 is 9.53 Å². The van der Waals surface area contributed by atoms with Crippen LogP contribution in [0.1, 0.15) is 6.92 Å². The topological polar surface area (TPSA) is 62.4 Å². The van der Waals surface area contributed by atoms with Crippen molar-refractivity contribution in [3.8, 4) is 0 Å². The Balaban J connectivity index is 2.71. The number of ether oxygens (including phenoxy) is 1. The lowest BCUT2D eigenvalue weighted by Crippen LogP contribution is -2.56. The van der Waals surface area contributed by atoms with Crippen molar-refractivity contribution in [2.45, 2.75) is 16.9 Å². The zero-order chi connectivity index (χ0) is 16.8. The summed E-state index contributed by atoms with van der Waals surface area (Å²) in [6, 6.07) is 7.51. The predicted molar refractivity (Wildman–Crippen MR) is 103 cm³/mol. The van der Waals surface area contributed by atoms with Crippen LogP contribution in [0.15, 0.2) is 24.3 Å². The van der Waals surface area contributed by atoms with Gasteiger partial charge in [0.05, 0.1) is 12.3 Å². The number of anilines is 1. The molecule has 0 aromatic heterocycles. The van der Waals surface area contributed by atoms with E-state index in [2.05, 4.69) is 38.5 Å². The third-order valence-corrected chi connectivity index (χ3v) is 4.08. The molecule has 1 amide bonds. The van der Waals surface area contributed by atoms with Gasteiger partial charge in [-0.1, -0.05) is 46.9 Å². The summed E-state index contributed by atoms with van der Waals surface area (Å²) in [6.07, 6.45) is -1.78. The summed E-state index contributed by atoms with van der Waals surface area (Å²) < 4.78 is 3.90. The minimum absolute atomic E-state index is 0.192. The maximum Gasteiger partial charge on any atom is 0.408 e. The maximum absolute atomic E-state index is 11.5. The van der Waals surface area contributed by atoms with Gasteiger partial charge < -0.3 is 15.4 Å². The molecule has 1 atom stereocenters. The zero-order valence-corrected chi connectivity index (χ0v) is 16.6. The molecule has 0 bridgehead atoms. The second-order valence-electron chi connectivity index (χ2n) is 3.92. The fraction of sp³-hybridized carbons (Fsp3) is 0.333. The minimum Gasteiger partial charge on any atom is -0.450 e. The fourth-order valence-corrected chi connectivity index (χ4v) is 2.42. The van der Waals surface area contributed by atoms with E-state index in [-0.39, 0.29) is 11.7 Å². The van der Waals surface area contributed by atoms with Crippen LogP contribution in [0.2, 0.25) is 0 Å². The van der Waals surface area contributed by atoms with Crippen molar-refractivity contribution in [3.05, 3.63) is 27.8 Å². The van der Waals surface area contributed by atoms with Crippen LogP contribution in [0.4, 0.5) is 10.5 Å². The van der Waals surface area contributed by atoms with Crippen molar-refractivity contribution in [1.82, 2.24) is 10.6 Å². The summed E-state index contributed by atoms with van der Waals surface area (Å²) in [5.74, 6) is 0. The highest BCUT2D eigenvalue weighted by Crippen LogP contribution is 2.29. The number of hydrogen-bond donors (Lipinski definition) is 3. The smallest absolute Gasteiger partial charge is 0.408 e. The van der Waals surface area contributed by atoms with E-state index in [0.29, 0.717) is 0 Å². The standard InChI is InChI=1S/C12H13Cl3IN3O2S/c1-2-21-11(20)19-9(12(13,14)15)18-10(22)17-8-6-4-3-5-7(8)16/h3-6,9H,2H2,1H3,(H,19,20)(H2,17,18,22)/t9-/m1/s1. The largest absolute Gasteiger partial charge is 0.450 e. The molecular formula is C12H13Cl3IN3O2S. The summed E-state index contributed by atoms with van der Waals surface area (Å²) in [7, 11) is 0. The predicted octanol–water partition coefficient (Wildman–Crippen LogP) is 4.02. The van der Waals surface area contributed by atoms with Crippen LogP contribution >= 0.6 is 69.6 Å². The van der Waals surface area contributed by atoms with Gasteiger partial charge in [0.1, 0.15) is 0 Å². The molecule has 0 aliphatic carbocycles. The van der Waals surface area contributed by atoms with Gasteiger partial charge in [-0.2, -0.15) is 0 Å². The zero-order valence-electron chi connectivity index (χ0n) is 11.3. The van der Waals surface area contributed by atoms with Gasteiger partial charge in [0.25, 0.3) is 0 Å². The molecule has 1 aromatic rings. The van der Waals surface area contributed by atoms with E-state index < -0.39 is 16.1 Å². The lowest BCUT2D eigenvalue weighted by Gasteiger charge is -2.27. The molecule has 3 N–H and O–H groups in total. The lowest BCUT2D eigenvalue weighted by atomic mass is 10.3. The second kappa shape index (κ2) is 9.17. The van der Waals surface area contributed by atoms with E-state index in [1.54, 1.807) is 6.92 Å². The van der Waals surface area contributed by atoms with Crippen molar-refractivity contribution in [2.24, 2.45) is 0 Å². The summed E-state index contributed by atoms with van der Waals surface area (Å²) in [4.78, 5) is 11.5. The second-order valence-corrected chi connectivity index (χ2v) is 7.86. The lowest BCUT2D eigenvalue weighted by molar-refractivity contribution is 0.147. The van der Waals surface area contributed by atoms with Crippen molar-refractivity contribution in [1.29, 1.82) is 0 Å². The number of benzene rings is 1. The van der Waals surface area contributed by atoms with Crippen molar-refractivity contribution in [2.75, 3.05) is 11.9 Å². The van der Waals surface area contributed by atoms with Gasteiger partial charge >= 0.3 is 6.09 Å². The van der Waals surface area contributed by atoms with Crippen molar-refractivity contribution in [3.63, 3.8) is 0 Å². The van der Waals surface area contributed by atoms with E-state index in [1.165, 1.54) is 0 Å². The average molecular weight is 497 g/mol. The monoisotopic (exact) mass is 495 g/mol. The van der Waals surface area contributed by atoms with Gasteiger partial charge in [-0.3, -0.25) is 5.32 Å². The quantitative estimate of drug-likeness (QED) is 0.254. The molecule has 0 heterocycles. The maximum atomic E-state index is 11.5. The Kier molecular flexibility index (Phi) is 8.26. The Bertz CT molecular complexity index is 543. The molecule has 122 valence electrons. The summed E-state index contributed by atoms with van der Waals surface area (Å²) in [5, 5.41) is 8.28. The number of nitrogens with one attached hydrogen (secondary N) is 3.